The lowest BCUT2D eigenvalue weighted by atomic mass is 9.80. The smallest absolute Gasteiger partial charge is 0.332 e. The maximum absolute atomic E-state index is 12.7. The van der Waals surface area contributed by atoms with Crippen LogP contribution in [0.15, 0.2) is 0 Å². The minimum atomic E-state index is -1.34. The molecule has 28 heavy (non-hydrogen) atoms. The maximum atomic E-state index is 12.7. The summed E-state index contributed by atoms with van der Waals surface area (Å²) in [6.45, 7) is 12.3. The van der Waals surface area contributed by atoms with Gasteiger partial charge in [-0.25, -0.2) is 4.79 Å². The summed E-state index contributed by atoms with van der Waals surface area (Å²) in [7, 11) is 0. The van der Waals surface area contributed by atoms with E-state index >= 15 is 0 Å². The molecule has 160 valence electrons. The van der Waals surface area contributed by atoms with Gasteiger partial charge in [-0.15, -0.1) is 0 Å². The minimum absolute atomic E-state index is 0.230. The van der Waals surface area contributed by atoms with E-state index in [0.717, 1.165) is 11.8 Å². The van der Waals surface area contributed by atoms with Crippen molar-refractivity contribution in [2.75, 3.05) is 6.79 Å². The second-order valence-corrected chi connectivity index (χ2v) is 10.1. The SMILES string of the molecule is CC(=O)S[C@@H]1[C@H](C(C)(C)O)C(=O)N1C(C(=O)OCOC(=O)C(C)(C)C)C(C)C. The number of carbonyl (C=O) groups is 4. The lowest BCUT2D eigenvalue weighted by Gasteiger charge is -2.53. The maximum Gasteiger partial charge on any atom is 0.332 e. The summed E-state index contributed by atoms with van der Waals surface area (Å²) in [6, 6.07) is -0.962. The molecule has 0 aromatic rings. The molecule has 0 aromatic heterocycles. The molecule has 0 radical (unpaired) electrons. The third-order valence-electron chi connectivity index (χ3n) is 4.30. The highest BCUT2D eigenvalue weighted by atomic mass is 32.2. The molecular weight excluding hydrogens is 386 g/mol. The lowest BCUT2D eigenvalue weighted by Crippen LogP contribution is -2.71. The molecule has 0 aromatic carbocycles. The number of esters is 2. The van der Waals surface area contributed by atoms with Crippen LogP contribution in [-0.4, -0.2) is 56.8 Å². The van der Waals surface area contributed by atoms with Gasteiger partial charge in [-0.05, 0) is 40.5 Å². The second kappa shape index (κ2) is 8.82. The Morgan fingerprint density at radius 3 is 2.07 bits per heavy atom. The Kier molecular flexibility index (Phi) is 7.69. The zero-order valence-electron chi connectivity index (χ0n) is 17.8. The quantitative estimate of drug-likeness (QED) is 0.380. The minimum Gasteiger partial charge on any atom is -0.427 e. The second-order valence-electron chi connectivity index (χ2n) is 8.83. The molecule has 1 saturated heterocycles. The van der Waals surface area contributed by atoms with Crippen molar-refractivity contribution in [2.24, 2.45) is 17.3 Å². The van der Waals surface area contributed by atoms with E-state index in [1.54, 1.807) is 34.6 Å². The van der Waals surface area contributed by atoms with Crippen molar-refractivity contribution < 1.29 is 33.8 Å². The fourth-order valence-electron chi connectivity index (χ4n) is 2.88. The molecule has 1 unspecified atom stereocenters. The average Bonchev–Trinajstić information content (AvgIpc) is 2.48. The van der Waals surface area contributed by atoms with E-state index in [0.29, 0.717) is 0 Å². The summed E-state index contributed by atoms with van der Waals surface area (Å²) in [5.41, 5.74) is -2.07. The molecule has 1 fully saturated rings. The van der Waals surface area contributed by atoms with Gasteiger partial charge >= 0.3 is 11.9 Å². The molecule has 1 N–H and O–H groups in total. The van der Waals surface area contributed by atoms with Gasteiger partial charge in [0, 0.05) is 6.92 Å². The normalized spacial score (nSPS) is 21.2. The van der Waals surface area contributed by atoms with Crippen molar-refractivity contribution in [1.82, 2.24) is 4.90 Å². The molecule has 1 heterocycles. The number of thioether (sulfide) groups is 1. The van der Waals surface area contributed by atoms with Crippen molar-refractivity contribution in [3.8, 4) is 0 Å². The van der Waals surface area contributed by atoms with Crippen LogP contribution in [-0.2, 0) is 28.7 Å². The van der Waals surface area contributed by atoms with E-state index in [2.05, 4.69) is 0 Å². The molecule has 1 amide bonds. The Labute approximate surface area is 170 Å². The van der Waals surface area contributed by atoms with E-state index in [1.807, 2.05) is 0 Å². The molecule has 0 saturated carbocycles. The number of amides is 1. The zero-order valence-corrected chi connectivity index (χ0v) is 18.6. The van der Waals surface area contributed by atoms with E-state index in [-0.39, 0.29) is 11.0 Å². The highest BCUT2D eigenvalue weighted by Crippen LogP contribution is 2.44. The molecule has 0 spiro atoms. The van der Waals surface area contributed by atoms with Gasteiger partial charge < -0.3 is 19.5 Å². The van der Waals surface area contributed by atoms with Gasteiger partial charge in [0.05, 0.1) is 16.9 Å². The fourth-order valence-corrected chi connectivity index (χ4v) is 4.15. The third kappa shape index (κ3) is 5.70. The summed E-state index contributed by atoms with van der Waals surface area (Å²) in [5.74, 6) is -2.79. The number of hydrogen-bond acceptors (Lipinski definition) is 8. The monoisotopic (exact) mass is 417 g/mol. The Morgan fingerprint density at radius 1 is 1.14 bits per heavy atom. The highest BCUT2D eigenvalue weighted by Gasteiger charge is 2.59. The first kappa shape index (κ1) is 24.4. The van der Waals surface area contributed by atoms with Crippen LogP contribution < -0.4 is 0 Å². The van der Waals surface area contributed by atoms with Crippen LogP contribution >= 0.6 is 11.8 Å². The number of rotatable bonds is 7. The summed E-state index contributed by atoms with van der Waals surface area (Å²) in [6.07, 6.45) is 0. The summed E-state index contributed by atoms with van der Waals surface area (Å²) < 4.78 is 10.0. The highest BCUT2D eigenvalue weighted by molar-refractivity contribution is 8.14. The number of β-lactam (4-membered cyclic amide) rings is 1. The van der Waals surface area contributed by atoms with Crippen molar-refractivity contribution >= 4 is 34.7 Å². The van der Waals surface area contributed by atoms with Gasteiger partial charge in [0.2, 0.25) is 12.7 Å². The Morgan fingerprint density at radius 2 is 1.68 bits per heavy atom. The number of hydrogen-bond donors (Lipinski definition) is 1. The molecule has 1 rings (SSSR count). The fraction of sp³-hybridized carbons (Fsp3) is 0.789. The molecular formula is C19H31NO7S. The Hall–Kier alpha value is -1.61. The van der Waals surface area contributed by atoms with Gasteiger partial charge in [-0.1, -0.05) is 25.6 Å². The van der Waals surface area contributed by atoms with E-state index in [4.69, 9.17) is 9.47 Å². The van der Waals surface area contributed by atoms with Crippen LogP contribution in [0.25, 0.3) is 0 Å². The van der Waals surface area contributed by atoms with Gasteiger partial charge in [0.15, 0.2) is 5.12 Å². The van der Waals surface area contributed by atoms with Crippen LogP contribution in [0, 0.1) is 17.3 Å². The van der Waals surface area contributed by atoms with Crippen molar-refractivity contribution in [2.45, 2.75) is 72.4 Å². The number of ether oxygens (including phenoxy) is 2. The van der Waals surface area contributed by atoms with Crippen molar-refractivity contribution in [1.29, 1.82) is 0 Å². The molecule has 3 atom stereocenters. The Bertz CT molecular complexity index is 633. The van der Waals surface area contributed by atoms with Gasteiger partial charge in [-0.2, -0.15) is 0 Å². The zero-order chi connectivity index (χ0) is 22.0. The van der Waals surface area contributed by atoms with Crippen LogP contribution in [0.5, 0.6) is 0 Å². The van der Waals surface area contributed by atoms with Gasteiger partial charge in [-0.3, -0.25) is 14.4 Å². The van der Waals surface area contributed by atoms with Crippen LogP contribution in [0.3, 0.4) is 0 Å². The van der Waals surface area contributed by atoms with Gasteiger partial charge in [0.1, 0.15) is 11.4 Å². The molecule has 0 aliphatic carbocycles. The molecule has 1 aliphatic rings. The third-order valence-corrected chi connectivity index (χ3v) is 5.38. The summed E-state index contributed by atoms with van der Waals surface area (Å²) in [5, 5.41) is 9.39. The van der Waals surface area contributed by atoms with Crippen LogP contribution in [0.2, 0.25) is 0 Å². The first-order valence-corrected chi connectivity index (χ1v) is 10.0. The van der Waals surface area contributed by atoms with Crippen molar-refractivity contribution in [3.63, 3.8) is 0 Å². The topological polar surface area (TPSA) is 110 Å². The molecule has 1 aliphatic heterocycles. The van der Waals surface area contributed by atoms with E-state index in [9.17, 15) is 24.3 Å². The molecule has 0 bridgehead atoms. The predicted molar refractivity (Wildman–Crippen MR) is 104 cm³/mol. The average molecular weight is 418 g/mol. The van der Waals surface area contributed by atoms with E-state index in [1.165, 1.54) is 25.7 Å². The summed E-state index contributed by atoms with van der Waals surface area (Å²) >= 11 is 0.896. The number of carbonyl (C=O) groups excluding carboxylic acids is 4. The van der Waals surface area contributed by atoms with E-state index < -0.39 is 53.0 Å². The molecule has 8 nitrogen and oxygen atoms in total. The molecule has 9 heteroatoms. The van der Waals surface area contributed by atoms with Crippen LogP contribution in [0.1, 0.15) is 55.4 Å². The Balaban J connectivity index is 2.94. The summed E-state index contributed by atoms with van der Waals surface area (Å²) in [4.78, 5) is 50.0. The number of aliphatic hydroxyl groups is 1. The largest absolute Gasteiger partial charge is 0.427 e. The predicted octanol–water partition coefficient (Wildman–Crippen LogP) is 1.94. The number of likely N-dealkylation sites (tertiary alicyclic amines) is 1. The lowest BCUT2D eigenvalue weighted by molar-refractivity contribution is -0.188. The first-order chi connectivity index (χ1) is 12.6. The van der Waals surface area contributed by atoms with Crippen LogP contribution in [0.4, 0.5) is 0 Å². The first-order valence-electron chi connectivity index (χ1n) is 9.14. The van der Waals surface area contributed by atoms with Gasteiger partial charge in [0.25, 0.3) is 0 Å². The van der Waals surface area contributed by atoms with Crippen molar-refractivity contribution in [3.05, 3.63) is 0 Å². The number of nitrogens with zero attached hydrogens (tertiary/aromatic N) is 1. The standard InChI is InChI=1S/C19H31NO7S/c1-10(2)13(16(23)26-9-27-17(24)18(4,5)6)20-14(22)12(19(7,8)25)15(20)28-11(3)21/h10,12-13,15,25H,9H2,1-8H3/t12-,13?,15-/m1/s1.